The molecule has 1 heterocycles. The van der Waals surface area contributed by atoms with Crippen LogP contribution in [0.15, 0.2) is 24.5 Å². The van der Waals surface area contributed by atoms with Gasteiger partial charge in [0.25, 0.3) is 0 Å². The van der Waals surface area contributed by atoms with Gasteiger partial charge < -0.3 is 10.1 Å². The van der Waals surface area contributed by atoms with Crippen LogP contribution in [0, 0.1) is 5.41 Å². The molecule has 0 radical (unpaired) electrons. The van der Waals surface area contributed by atoms with Crippen molar-refractivity contribution in [1.29, 1.82) is 0 Å². The average Bonchev–Trinajstić information content (AvgIpc) is 2.37. The fourth-order valence-corrected chi connectivity index (χ4v) is 1.31. The van der Waals surface area contributed by atoms with Crippen molar-refractivity contribution in [1.82, 2.24) is 4.98 Å². The topological polar surface area (TPSA) is 68.3 Å². The van der Waals surface area contributed by atoms with Crippen LogP contribution in [0.25, 0.3) is 6.08 Å². The van der Waals surface area contributed by atoms with Gasteiger partial charge in [0.1, 0.15) is 0 Å². The number of ether oxygens (including phenoxy) is 1. The number of esters is 1. The molecule has 0 fully saturated rings. The molecule has 108 valence electrons. The number of carbonyl (C=O) groups excluding carboxylic acids is 2. The summed E-state index contributed by atoms with van der Waals surface area (Å²) in [7, 11) is 0. The molecule has 1 amide bonds. The largest absolute Gasteiger partial charge is 0.463 e. The van der Waals surface area contributed by atoms with Crippen molar-refractivity contribution >= 4 is 23.6 Å². The molecule has 0 aliphatic rings. The summed E-state index contributed by atoms with van der Waals surface area (Å²) in [5.74, 6) is -0.529. The SMILES string of the molecule is CCOC(=O)C=Cc1cnccc1NC(=O)C(C)(C)C. The monoisotopic (exact) mass is 276 g/mol. The van der Waals surface area contributed by atoms with Crippen molar-refractivity contribution in [3.05, 3.63) is 30.1 Å². The van der Waals surface area contributed by atoms with E-state index in [0.29, 0.717) is 17.9 Å². The number of carbonyl (C=O) groups is 2. The maximum atomic E-state index is 12.0. The third-order valence-electron chi connectivity index (χ3n) is 2.47. The van der Waals surface area contributed by atoms with E-state index in [4.69, 9.17) is 4.74 Å². The summed E-state index contributed by atoms with van der Waals surface area (Å²) in [4.78, 5) is 27.3. The molecule has 1 aromatic heterocycles. The van der Waals surface area contributed by atoms with Crippen LogP contribution in [0.3, 0.4) is 0 Å². The Hall–Kier alpha value is -2.17. The Labute approximate surface area is 119 Å². The van der Waals surface area contributed by atoms with E-state index in [-0.39, 0.29) is 5.91 Å². The van der Waals surface area contributed by atoms with Gasteiger partial charge in [-0.15, -0.1) is 0 Å². The van der Waals surface area contributed by atoms with Crippen LogP contribution in [0.5, 0.6) is 0 Å². The summed E-state index contributed by atoms with van der Waals surface area (Å²) in [6.45, 7) is 7.56. The molecule has 0 saturated heterocycles. The Morgan fingerprint density at radius 3 is 2.70 bits per heavy atom. The van der Waals surface area contributed by atoms with Gasteiger partial charge in [-0.2, -0.15) is 0 Å². The Morgan fingerprint density at radius 2 is 2.10 bits per heavy atom. The molecule has 1 rings (SSSR count). The zero-order valence-corrected chi connectivity index (χ0v) is 12.3. The predicted molar refractivity (Wildman–Crippen MR) is 78.0 cm³/mol. The van der Waals surface area contributed by atoms with Crippen molar-refractivity contribution in [2.45, 2.75) is 27.7 Å². The van der Waals surface area contributed by atoms with E-state index in [9.17, 15) is 9.59 Å². The van der Waals surface area contributed by atoms with Crippen LogP contribution in [-0.4, -0.2) is 23.5 Å². The van der Waals surface area contributed by atoms with Crippen LogP contribution in [0.2, 0.25) is 0 Å². The van der Waals surface area contributed by atoms with Gasteiger partial charge in [-0.25, -0.2) is 4.79 Å². The molecule has 0 atom stereocenters. The number of pyridine rings is 1. The van der Waals surface area contributed by atoms with E-state index in [1.165, 1.54) is 6.08 Å². The predicted octanol–water partition coefficient (Wildman–Crippen LogP) is 2.64. The van der Waals surface area contributed by atoms with Gasteiger partial charge in [0.15, 0.2) is 0 Å². The normalized spacial score (nSPS) is 11.4. The fraction of sp³-hybridized carbons (Fsp3) is 0.400. The Kier molecular flexibility index (Phi) is 5.43. The smallest absolute Gasteiger partial charge is 0.330 e. The summed E-state index contributed by atoms with van der Waals surface area (Å²) in [5.41, 5.74) is 0.768. The van der Waals surface area contributed by atoms with Crippen molar-refractivity contribution in [3.63, 3.8) is 0 Å². The van der Waals surface area contributed by atoms with Gasteiger partial charge in [0, 0.05) is 29.4 Å². The van der Waals surface area contributed by atoms with Crippen LogP contribution in [0.4, 0.5) is 5.69 Å². The first-order valence-corrected chi connectivity index (χ1v) is 6.45. The van der Waals surface area contributed by atoms with Crippen molar-refractivity contribution in [2.75, 3.05) is 11.9 Å². The quantitative estimate of drug-likeness (QED) is 0.678. The van der Waals surface area contributed by atoms with E-state index in [1.54, 1.807) is 31.5 Å². The van der Waals surface area contributed by atoms with Crippen LogP contribution < -0.4 is 5.32 Å². The number of aromatic nitrogens is 1. The number of nitrogens with one attached hydrogen (secondary N) is 1. The highest BCUT2D eigenvalue weighted by Gasteiger charge is 2.21. The second-order valence-electron chi connectivity index (χ2n) is 5.25. The van der Waals surface area contributed by atoms with Gasteiger partial charge in [0.05, 0.1) is 12.3 Å². The second kappa shape index (κ2) is 6.84. The number of nitrogens with zero attached hydrogens (tertiary/aromatic N) is 1. The molecular formula is C15H20N2O3. The first-order chi connectivity index (χ1) is 9.34. The van der Waals surface area contributed by atoms with Gasteiger partial charge in [-0.3, -0.25) is 9.78 Å². The standard InChI is InChI=1S/C15H20N2O3/c1-5-20-13(18)7-6-11-10-16-9-8-12(11)17-14(19)15(2,3)4/h6-10H,5H2,1-4H3,(H,16,17,19). The highest BCUT2D eigenvalue weighted by Crippen LogP contribution is 2.20. The third kappa shape index (κ3) is 4.84. The molecular weight excluding hydrogens is 256 g/mol. The maximum absolute atomic E-state index is 12.0. The highest BCUT2D eigenvalue weighted by molar-refractivity contribution is 5.97. The van der Waals surface area contributed by atoms with Crippen LogP contribution in [0.1, 0.15) is 33.3 Å². The molecule has 0 aliphatic heterocycles. The van der Waals surface area contributed by atoms with Gasteiger partial charge >= 0.3 is 5.97 Å². The zero-order valence-electron chi connectivity index (χ0n) is 12.3. The first kappa shape index (κ1) is 15.9. The Bertz CT molecular complexity index is 516. The molecule has 0 unspecified atom stereocenters. The number of rotatable bonds is 4. The number of anilines is 1. The van der Waals surface area contributed by atoms with E-state index in [0.717, 1.165) is 0 Å². The lowest BCUT2D eigenvalue weighted by Gasteiger charge is -2.18. The van der Waals surface area contributed by atoms with Crippen LogP contribution >= 0.6 is 0 Å². The summed E-state index contributed by atoms with van der Waals surface area (Å²) in [6, 6.07) is 1.69. The molecule has 0 aromatic carbocycles. The van der Waals surface area contributed by atoms with Gasteiger partial charge in [-0.1, -0.05) is 20.8 Å². The first-order valence-electron chi connectivity index (χ1n) is 6.45. The molecule has 5 heteroatoms. The van der Waals surface area contributed by atoms with Crippen LogP contribution in [-0.2, 0) is 14.3 Å². The third-order valence-corrected chi connectivity index (χ3v) is 2.47. The van der Waals surface area contributed by atoms with Gasteiger partial charge in [0.2, 0.25) is 5.91 Å². The number of amides is 1. The maximum Gasteiger partial charge on any atom is 0.330 e. The second-order valence-corrected chi connectivity index (χ2v) is 5.25. The molecule has 1 aromatic rings. The molecule has 1 N–H and O–H groups in total. The number of hydrogen-bond donors (Lipinski definition) is 1. The highest BCUT2D eigenvalue weighted by atomic mass is 16.5. The van der Waals surface area contributed by atoms with Gasteiger partial charge in [-0.05, 0) is 19.1 Å². The lowest BCUT2D eigenvalue weighted by Crippen LogP contribution is -2.27. The van der Waals surface area contributed by atoms with E-state index >= 15 is 0 Å². The Balaban J connectivity index is 2.89. The average molecular weight is 276 g/mol. The van der Waals surface area contributed by atoms with E-state index in [2.05, 4.69) is 10.3 Å². The summed E-state index contributed by atoms with van der Waals surface area (Å²) in [5, 5.41) is 2.82. The summed E-state index contributed by atoms with van der Waals surface area (Å²) >= 11 is 0. The van der Waals surface area contributed by atoms with Crippen molar-refractivity contribution in [3.8, 4) is 0 Å². The molecule has 0 saturated carbocycles. The Morgan fingerprint density at radius 1 is 1.40 bits per heavy atom. The van der Waals surface area contributed by atoms with Crippen molar-refractivity contribution in [2.24, 2.45) is 5.41 Å². The minimum absolute atomic E-state index is 0.102. The minimum atomic E-state index is -0.495. The molecule has 20 heavy (non-hydrogen) atoms. The zero-order chi connectivity index (χ0) is 15.2. The number of hydrogen-bond acceptors (Lipinski definition) is 4. The van der Waals surface area contributed by atoms with Crippen molar-refractivity contribution < 1.29 is 14.3 Å². The minimum Gasteiger partial charge on any atom is -0.463 e. The molecule has 0 bridgehead atoms. The summed E-state index contributed by atoms with van der Waals surface area (Å²) < 4.78 is 4.81. The fourth-order valence-electron chi connectivity index (χ4n) is 1.31. The summed E-state index contributed by atoms with van der Waals surface area (Å²) in [6.07, 6.45) is 6.05. The van der Waals surface area contributed by atoms with E-state index in [1.807, 2.05) is 20.8 Å². The lowest BCUT2D eigenvalue weighted by atomic mass is 9.95. The molecule has 0 spiro atoms. The molecule has 0 aliphatic carbocycles. The lowest BCUT2D eigenvalue weighted by molar-refractivity contribution is -0.137. The van der Waals surface area contributed by atoms with E-state index < -0.39 is 11.4 Å². The molecule has 5 nitrogen and oxygen atoms in total.